The highest BCUT2D eigenvalue weighted by Crippen LogP contribution is 2.24. The zero-order valence-electron chi connectivity index (χ0n) is 10.3. The maximum absolute atomic E-state index is 12.5. The van der Waals surface area contributed by atoms with Crippen molar-refractivity contribution >= 4 is 50.0 Å². The van der Waals surface area contributed by atoms with E-state index in [2.05, 4.69) is 8.75 Å². The van der Waals surface area contributed by atoms with Gasteiger partial charge in [0.1, 0.15) is 15.9 Å². The number of sulfonamides is 1. The molecule has 0 aliphatic carbocycles. The van der Waals surface area contributed by atoms with Gasteiger partial charge in [0.15, 0.2) is 0 Å². The van der Waals surface area contributed by atoms with Gasteiger partial charge in [-0.05, 0) is 19.1 Å². The van der Waals surface area contributed by atoms with Gasteiger partial charge in [0.05, 0.1) is 22.8 Å². The molecule has 2 rings (SSSR count). The molecule has 0 fully saturated rings. The summed E-state index contributed by atoms with van der Waals surface area (Å²) in [6, 6.07) is 4.29. The maximum atomic E-state index is 12.5. The van der Waals surface area contributed by atoms with Crippen molar-refractivity contribution in [2.75, 3.05) is 7.05 Å². The monoisotopic (exact) mass is 316 g/mol. The lowest BCUT2D eigenvalue weighted by Gasteiger charge is -2.23. The summed E-state index contributed by atoms with van der Waals surface area (Å²) in [5.74, 6) is 0. The quantitative estimate of drug-likeness (QED) is 0.846. The Morgan fingerprint density at radius 3 is 2.79 bits per heavy atom. The molecule has 1 unspecified atom stereocenters. The van der Waals surface area contributed by atoms with E-state index >= 15 is 0 Å². The zero-order chi connectivity index (χ0) is 14.2. The molecule has 2 aromatic rings. The molecule has 1 aromatic carbocycles. The van der Waals surface area contributed by atoms with Gasteiger partial charge in [-0.25, -0.2) is 8.42 Å². The van der Waals surface area contributed by atoms with Crippen molar-refractivity contribution < 1.29 is 8.42 Å². The molecule has 0 spiro atoms. The van der Waals surface area contributed by atoms with Gasteiger partial charge < -0.3 is 5.73 Å². The first-order valence-corrected chi connectivity index (χ1v) is 7.92. The summed E-state index contributed by atoms with van der Waals surface area (Å²) in [5.41, 5.74) is 6.43. The number of fused-ring (bicyclic) bond motifs is 1. The van der Waals surface area contributed by atoms with Gasteiger partial charge in [0.25, 0.3) is 0 Å². The van der Waals surface area contributed by atoms with E-state index in [-0.39, 0.29) is 9.88 Å². The first-order valence-electron chi connectivity index (χ1n) is 5.34. The second-order valence-corrected chi connectivity index (χ2v) is 6.95. The topological polar surface area (TPSA) is 89.2 Å². The van der Waals surface area contributed by atoms with Crippen molar-refractivity contribution in [3.63, 3.8) is 0 Å². The van der Waals surface area contributed by atoms with Crippen molar-refractivity contribution in [2.45, 2.75) is 17.9 Å². The first kappa shape index (κ1) is 14.3. The molecule has 0 radical (unpaired) electrons. The summed E-state index contributed by atoms with van der Waals surface area (Å²) < 4.78 is 34.3. The third kappa shape index (κ3) is 2.46. The second-order valence-electron chi connectivity index (χ2n) is 3.99. The number of thiocarbonyl (C=S) groups is 1. The lowest BCUT2D eigenvalue weighted by molar-refractivity contribution is 0.452. The van der Waals surface area contributed by atoms with Crippen LogP contribution < -0.4 is 5.73 Å². The molecule has 0 aliphatic rings. The third-order valence-corrected chi connectivity index (χ3v) is 5.71. The van der Waals surface area contributed by atoms with Gasteiger partial charge in [-0.1, -0.05) is 18.3 Å². The molecule has 0 saturated carbocycles. The number of likely N-dealkylation sites (N-methyl/N-ethyl adjacent to an activating group) is 1. The van der Waals surface area contributed by atoms with E-state index < -0.39 is 16.1 Å². The minimum atomic E-state index is -3.71. The molecular formula is C10H12N4O2S3. The second kappa shape index (κ2) is 5.08. The Balaban J connectivity index is 2.56. The zero-order valence-corrected chi connectivity index (χ0v) is 12.7. The maximum Gasteiger partial charge on any atom is 0.245 e. The molecule has 9 heteroatoms. The Bertz CT molecular complexity index is 725. The van der Waals surface area contributed by atoms with Gasteiger partial charge in [0, 0.05) is 7.05 Å². The third-order valence-electron chi connectivity index (χ3n) is 2.86. The molecule has 0 bridgehead atoms. The van der Waals surface area contributed by atoms with Crippen LogP contribution in [0.1, 0.15) is 6.92 Å². The lowest BCUT2D eigenvalue weighted by Crippen LogP contribution is -2.42. The van der Waals surface area contributed by atoms with Gasteiger partial charge in [-0.15, -0.1) is 0 Å². The van der Waals surface area contributed by atoms with E-state index in [1.54, 1.807) is 19.1 Å². The van der Waals surface area contributed by atoms with Gasteiger partial charge in [-0.2, -0.15) is 13.1 Å². The van der Waals surface area contributed by atoms with Crippen LogP contribution in [0.4, 0.5) is 0 Å². The van der Waals surface area contributed by atoms with Gasteiger partial charge >= 0.3 is 0 Å². The Labute approximate surface area is 120 Å². The van der Waals surface area contributed by atoms with Crippen LogP contribution >= 0.6 is 23.9 Å². The van der Waals surface area contributed by atoms with E-state index in [0.717, 1.165) is 16.0 Å². The number of benzene rings is 1. The average molecular weight is 316 g/mol. The highest BCUT2D eigenvalue weighted by molar-refractivity contribution is 7.89. The smallest absolute Gasteiger partial charge is 0.245 e. The summed E-state index contributed by atoms with van der Waals surface area (Å²) in [4.78, 5) is 0.235. The van der Waals surface area contributed by atoms with Gasteiger partial charge in [0.2, 0.25) is 10.0 Å². The van der Waals surface area contributed by atoms with Crippen LogP contribution in [0.2, 0.25) is 0 Å². The Kier molecular flexibility index (Phi) is 3.81. The van der Waals surface area contributed by atoms with Crippen molar-refractivity contribution in [1.29, 1.82) is 0 Å². The fourth-order valence-corrected chi connectivity index (χ4v) is 3.85. The highest BCUT2D eigenvalue weighted by atomic mass is 32.2. The molecular weight excluding hydrogens is 304 g/mol. The van der Waals surface area contributed by atoms with Crippen molar-refractivity contribution in [3.05, 3.63) is 18.2 Å². The van der Waals surface area contributed by atoms with Crippen LogP contribution in [0.15, 0.2) is 23.1 Å². The summed E-state index contributed by atoms with van der Waals surface area (Å²) >= 11 is 5.81. The number of hydrogen-bond donors (Lipinski definition) is 1. The molecule has 6 nitrogen and oxygen atoms in total. The minimum Gasteiger partial charge on any atom is -0.392 e. The average Bonchev–Trinajstić information content (AvgIpc) is 2.84. The minimum absolute atomic E-state index is 0.115. The van der Waals surface area contributed by atoms with Crippen LogP contribution in [0.25, 0.3) is 11.0 Å². The molecule has 0 amide bonds. The molecule has 2 N–H and O–H groups in total. The molecule has 1 heterocycles. The fraction of sp³-hybridized carbons (Fsp3) is 0.300. The van der Waals surface area contributed by atoms with Crippen molar-refractivity contribution in [2.24, 2.45) is 5.73 Å². The fourth-order valence-electron chi connectivity index (χ4n) is 1.53. The molecule has 0 saturated heterocycles. The van der Waals surface area contributed by atoms with Crippen molar-refractivity contribution in [3.8, 4) is 0 Å². The normalized spacial score (nSPS) is 13.8. The number of nitrogens with two attached hydrogens (primary N) is 1. The van der Waals surface area contributed by atoms with E-state index in [4.69, 9.17) is 18.0 Å². The van der Waals surface area contributed by atoms with Crippen LogP contribution in [0.3, 0.4) is 0 Å². The van der Waals surface area contributed by atoms with E-state index in [1.165, 1.54) is 13.1 Å². The van der Waals surface area contributed by atoms with Crippen LogP contribution in [0.5, 0.6) is 0 Å². The Morgan fingerprint density at radius 2 is 2.16 bits per heavy atom. The predicted octanol–water partition coefficient (Wildman–Crippen LogP) is 0.986. The van der Waals surface area contributed by atoms with E-state index in [0.29, 0.717) is 11.0 Å². The lowest BCUT2D eigenvalue weighted by atomic mass is 10.3. The first-order chi connectivity index (χ1) is 8.85. The summed E-state index contributed by atoms with van der Waals surface area (Å²) in [6.07, 6.45) is 0. The summed E-state index contributed by atoms with van der Waals surface area (Å²) in [5, 5.41) is 0. The van der Waals surface area contributed by atoms with E-state index in [9.17, 15) is 8.42 Å². The SMILES string of the molecule is CC(C(N)=S)N(C)S(=O)(=O)c1cccc2nsnc12. The Morgan fingerprint density at radius 1 is 1.47 bits per heavy atom. The molecule has 1 atom stereocenters. The Hall–Kier alpha value is -1.16. The predicted molar refractivity (Wildman–Crippen MR) is 78.6 cm³/mol. The van der Waals surface area contributed by atoms with Crippen molar-refractivity contribution in [1.82, 2.24) is 13.1 Å². The molecule has 0 aliphatic heterocycles. The number of aromatic nitrogens is 2. The number of rotatable bonds is 4. The van der Waals surface area contributed by atoms with Crippen LogP contribution in [-0.4, -0.2) is 39.5 Å². The van der Waals surface area contributed by atoms with Crippen LogP contribution in [0, 0.1) is 0 Å². The number of hydrogen-bond acceptors (Lipinski definition) is 6. The summed E-state index contributed by atoms with van der Waals surface area (Å²) in [7, 11) is -2.27. The van der Waals surface area contributed by atoms with Gasteiger partial charge in [-0.3, -0.25) is 0 Å². The molecule has 19 heavy (non-hydrogen) atoms. The van der Waals surface area contributed by atoms with E-state index in [1.807, 2.05) is 0 Å². The largest absolute Gasteiger partial charge is 0.392 e. The van der Waals surface area contributed by atoms with Crippen LogP contribution in [-0.2, 0) is 10.0 Å². The number of nitrogens with zero attached hydrogens (tertiary/aromatic N) is 3. The summed E-state index contributed by atoms with van der Waals surface area (Å²) in [6.45, 7) is 1.64. The highest BCUT2D eigenvalue weighted by Gasteiger charge is 2.29. The standard InChI is InChI=1S/C10H12N4O2S3/c1-6(10(11)17)14(2)19(15,16)8-5-3-4-7-9(8)13-18-12-7/h3-6H,1-2H3,(H2,11,17). The molecule has 1 aromatic heterocycles. The molecule has 102 valence electrons.